The van der Waals surface area contributed by atoms with Crippen molar-refractivity contribution in [1.29, 1.82) is 0 Å². The first kappa shape index (κ1) is 24.5. The zero-order valence-corrected chi connectivity index (χ0v) is 19.5. The van der Waals surface area contributed by atoms with Gasteiger partial charge in [-0.15, -0.1) is 0 Å². The topological polar surface area (TPSA) is 38.7 Å². The molecular weight excluding hydrogens is 366 g/mol. The van der Waals surface area contributed by atoms with Crippen LogP contribution in [0.3, 0.4) is 0 Å². The molecule has 0 aliphatic carbocycles. The molecule has 30 heavy (non-hydrogen) atoms. The fourth-order valence-electron chi connectivity index (χ4n) is 3.89. The smallest absolute Gasteiger partial charge is 0.160 e. The van der Waals surface area contributed by atoms with Crippen LogP contribution >= 0.6 is 0 Å². The summed E-state index contributed by atoms with van der Waals surface area (Å²) >= 11 is 0. The van der Waals surface area contributed by atoms with Gasteiger partial charge in [-0.2, -0.15) is 0 Å². The molecular formula is C27H43N3. The Kier molecular flexibility index (Phi) is 13.1. The lowest BCUT2D eigenvalue weighted by Crippen LogP contribution is -1.95. The van der Waals surface area contributed by atoms with E-state index >= 15 is 0 Å². The fraction of sp³-hybridized carbons (Fsp3) is 0.667. The van der Waals surface area contributed by atoms with Gasteiger partial charge in [0.15, 0.2) is 5.82 Å². The highest BCUT2D eigenvalue weighted by Crippen LogP contribution is 2.16. The molecule has 0 amide bonds. The summed E-state index contributed by atoms with van der Waals surface area (Å²) in [6.07, 6.45) is 26.9. The van der Waals surface area contributed by atoms with E-state index in [0.29, 0.717) is 0 Å². The highest BCUT2D eigenvalue weighted by Gasteiger charge is 2.04. The summed E-state index contributed by atoms with van der Waals surface area (Å²) in [5.41, 5.74) is 3.44. The molecule has 2 rings (SSSR count). The van der Waals surface area contributed by atoms with Crippen LogP contribution in [-0.2, 0) is 12.8 Å². The van der Waals surface area contributed by atoms with Crippen molar-refractivity contribution in [1.82, 2.24) is 15.0 Å². The maximum absolute atomic E-state index is 4.64. The lowest BCUT2D eigenvalue weighted by molar-refractivity contribution is 0.574. The molecule has 0 radical (unpaired) electrons. The summed E-state index contributed by atoms with van der Waals surface area (Å²) in [7, 11) is 0. The van der Waals surface area contributed by atoms with Gasteiger partial charge in [-0.1, -0.05) is 90.9 Å². The Bertz CT molecular complexity index is 649. The van der Waals surface area contributed by atoms with Gasteiger partial charge in [-0.3, -0.25) is 4.98 Å². The number of hydrogen-bond donors (Lipinski definition) is 0. The van der Waals surface area contributed by atoms with Crippen molar-refractivity contribution in [3.8, 4) is 11.4 Å². The van der Waals surface area contributed by atoms with Crippen LogP contribution in [0.4, 0.5) is 0 Å². The van der Waals surface area contributed by atoms with Gasteiger partial charge in [0.1, 0.15) is 0 Å². The molecule has 0 unspecified atom stereocenters. The molecule has 0 aromatic carbocycles. The maximum Gasteiger partial charge on any atom is 0.160 e. The third kappa shape index (κ3) is 10.3. The highest BCUT2D eigenvalue weighted by atomic mass is 14.9. The second kappa shape index (κ2) is 16.0. The van der Waals surface area contributed by atoms with Crippen LogP contribution < -0.4 is 0 Å². The monoisotopic (exact) mass is 409 g/mol. The van der Waals surface area contributed by atoms with Gasteiger partial charge >= 0.3 is 0 Å². The number of hydrogen-bond acceptors (Lipinski definition) is 3. The zero-order chi connectivity index (χ0) is 21.3. The molecule has 0 fully saturated rings. The van der Waals surface area contributed by atoms with Crippen LogP contribution in [0.5, 0.6) is 0 Å². The fourth-order valence-corrected chi connectivity index (χ4v) is 3.89. The average molecular weight is 410 g/mol. The van der Waals surface area contributed by atoms with Crippen molar-refractivity contribution in [3.05, 3.63) is 42.0 Å². The Labute approximate surface area is 185 Å². The summed E-state index contributed by atoms with van der Waals surface area (Å²) in [5.74, 6) is 0.785. The molecule has 2 heterocycles. The molecule has 0 saturated heterocycles. The molecule has 166 valence electrons. The van der Waals surface area contributed by atoms with E-state index in [1.807, 2.05) is 18.6 Å². The van der Waals surface area contributed by atoms with Crippen molar-refractivity contribution in [2.75, 3.05) is 0 Å². The number of aryl methyl sites for hydroxylation is 2. The summed E-state index contributed by atoms with van der Waals surface area (Å²) in [4.78, 5) is 13.8. The number of rotatable bonds is 17. The first-order valence-electron chi connectivity index (χ1n) is 12.6. The van der Waals surface area contributed by atoms with Crippen LogP contribution in [0.1, 0.15) is 115 Å². The Hall–Kier alpha value is -1.77. The Morgan fingerprint density at radius 2 is 1.07 bits per heavy atom. The normalized spacial score (nSPS) is 11.1. The molecule has 0 aliphatic rings. The Balaban J connectivity index is 1.65. The summed E-state index contributed by atoms with van der Waals surface area (Å²) in [6, 6.07) is 4.26. The van der Waals surface area contributed by atoms with Crippen LogP contribution in [0.2, 0.25) is 0 Å². The minimum Gasteiger partial charge on any atom is -0.261 e. The molecule has 0 atom stereocenters. The Morgan fingerprint density at radius 1 is 0.533 bits per heavy atom. The third-order valence-corrected chi connectivity index (χ3v) is 5.89. The average Bonchev–Trinajstić information content (AvgIpc) is 2.79. The summed E-state index contributed by atoms with van der Waals surface area (Å²) in [5, 5.41) is 0. The zero-order valence-electron chi connectivity index (χ0n) is 19.5. The van der Waals surface area contributed by atoms with Crippen molar-refractivity contribution in [2.45, 2.75) is 117 Å². The van der Waals surface area contributed by atoms with Gasteiger partial charge in [0.2, 0.25) is 0 Å². The van der Waals surface area contributed by atoms with E-state index in [1.54, 1.807) is 0 Å². The van der Waals surface area contributed by atoms with Gasteiger partial charge < -0.3 is 0 Å². The quantitative estimate of drug-likeness (QED) is 0.248. The van der Waals surface area contributed by atoms with Crippen LogP contribution in [0.15, 0.2) is 30.7 Å². The van der Waals surface area contributed by atoms with Gasteiger partial charge in [0.05, 0.1) is 0 Å². The number of nitrogens with zero attached hydrogens (tertiary/aromatic N) is 3. The predicted molar refractivity (Wildman–Crippen MR) is 129 cm³/mol. The van der Waals surface area contributed by atoms with Crippen molar-refractivity contribution in [3.63, 3.8) is 0 Å². The second-order valence-electron chi connectivity index (χ2n) is 8.70. The summed E-state index contributed by atoms with van der Waals surface area (Å²) < 4.78 is 0. The molecule has 0 N–H and O–H groups in total. The van der Waals surface area contributed by atoms with Gasteiger partial charge in [-0.25, -0.2) is 9.97 Å². The van der Waals surface area contributed by atoms with Crippen LogP contribution in [0.25, 0.3) is 11.4 Å². The number of aromatic nitrogens is 3. The van der Waals surface area contributed by atoms with E-state index in [9.17, 15) is 0 Å². The predicted octanol–water partition coefficient (Wildman–Crippen LogP) is 8.12. The molecule has 0 bridgehead atoms. The first-order chi connectivity index (χ1) is 14.8. The highest BCUT2D eigenvalue weighted by molar-refractivity contribution is 5.53. The number of pyridine rings is 1. The lowest BCUT2D eigenvalue weighted by atomic mass is 10.1. The van der Waals surface area contributed by atoms with E-state index in [-0.39, 0.29) is 0 Å². The molecule has 3 nitrogen and oxygen atoms in total. The standard InChI is InChI=1S/C27H43N3/c1-3-5-7-9-11-12-14-16-18-26-20-19-25(23-28-26)27-29-21-24(22-30-27)17-15-13-10-8-6-4-2/h19-23H,3-18H2,1-2H3. The van der Waals surface area contributed by atoms with E-state index < -0.39 is 0 Å². The number of unbranched alkanes of at least 4 members (excludes halogenated alkanes) is 12. The minimum atomic E-state index is 0.785. The molecule has 3 heteroatoms. The Morgan fingerprint density at radius 3 is 1.60 bits per heavy atom. The summed E-state index contributed by atoms with van der Waals surface area (Å²) in [6.45, 7) is 4.54. The SMILES string of the molecule is CCCCCCCCCCc1ccc(-c2ncc(CCCCCCCC)cn2)cn1. The van der Waals surface area contributed by atoms with Crippen LogP contribution in [0, 0.1) is 0 Å². The van der Waals surface area contributed by atoms with Crippen molar-refractivity contribution in [2.24, 2.45) is 0 Å². The van der Waals surface area contributed by atoms with E-state index in [4.69, 9.17) is 0 Å². The largest absolute Gasteiger partial charge is 0.261 e. The van der Waals surface area contributed by atoms with Gasteiger partial charge in [0.25, 0.3) is 0 Å². The molecule has 0 spiro atoms. The van der Waals surface area contributed by atoms with Gasteiger partial charge in [0, 0.05) is 29.8 Å². The minimum absolute atomic E-state index is 0.785. The molecule has 0 aliphatic heterocycles. The van der Waals surface area contributed by atoms with Crippen molar-refractivity contribution < 1.29 is 0 Å². The second-order valence-corrected chi connectivity index (χ2v) is 8.70. The maximum atomic E-state index is 4.64. The molecule has 0 saturated carbocycles. The molecule has 2 aromatic heterocycles. The van der Waals surface area contributed by atoms with Gasteiger partial charge in [-0.05, 0) is 43.4 Å². The van der Waals surface area contributed by atoms with E-state index in [2.05, 4.69) is 40.9 Å². The first-order valence-corrected chi connectivity index (χ1v) is 12.6. The van der Waals surface area contributed by atoms with E-state index in [0.717, 1.165) is 24.2 Å². The molecule has 2 aromatic rings. The van der Waals surface area contributed by atoms with E-state index in [1.165, 1.54) is 101 Å². The van der Waals surface area contributed by atoms with Crippen LogP contribution in [-0.4, -0.2) is 15.0 Å². The lowest BCUT2D eigenvalue weighted by Gasteiger charge is -2.05. The third-order valence-electron chi connectivity index (χ3n) is 5.89. The van der Waals surface area contributed by atoms with Crippen molar-refractivity contribution >= 4 is 0 Å².